The Kier molecular flexibility index (Phi) is 6.70. The van der Waals surface area contributed by atoms with Gasteiger partial charge in [0.25, 0.3) is 0 Å². The summed E-state index contributed by atoms with van der Waals surface area (Å²) in [5.74, 6) is 0.958. The van der Waals surface area contributed by atoms with Gasteiger partial charge in [0, 0.05) is 24.2 Å². The van der Waals surface area contributed by atoms with E-state index in [9.17, 15) is 0 Å². The van der Waals surface area contributed by atoms with Crippen molar-refractivity contribution >= 4 is 11.8 Å². The maximum absolute atomic E-state index is 4.32. The molecule has 0 fully saturated rings. The number of aromatic nitrogens is 2. The van der Waals surface area contributed by atoms with Crippen LogP contribution < -0.4 is 5.32 Å². The standard InChI is InChI=1S/C17H23N3S/c1-3-5-14-6-8-15(9-7-14)16(19-4-2)13-21-17-12-18-10-11-20-17/h6-12,16,19H,3-5,13H2,1-2H3. The predicted molar refractivity (Wildman–Crippen MR) is 89.6 cm³/mol. The molecule has 112 valence electrons. The van der Waals surface area contributed by atoms with Gasteiger partial charge in [-0.2, -0.15) is 0 Å². The average Bonchev–Trinajstić information content (AvgIpc) is 2.54. The van der Waals surface area contributed by atoms with Crippen molar-refractivity contribution in [3.05, 3.63) is 54.0 Å². The van der Waals surface area contributed by atoms with Gasteiger partial charge in [0.1, 0.15) is 5.03 Å². The molecule has 1 atom stereocenters. The van der Waals surface area contributed by atoms with E-state index in [0.29, 0.717) is 6.04 Å². The van der Waals surface area contributed by atoms with E-state index in [1.165, 1.54) is 17.5 Å². The highest BCUT2D eigenvalue weighted by molar-refractivity contribution is 7.99. The minimum Gasteiger partial charge on any atom is -0.309 e. The molecule has 1 unspecified atom stereocenters. The zero-order valence-corrected chi connectivity index (χ0v) is 13.6. The largest absolute Gasteiger partial charge is 0.309 e. The molecule has 1 N–H and O–H groups in total. The predicted octanol–water partition coefficient (Wildman–Crippen LogP) is 3.87. The fourth-order valence-corrected chi connectivity index (χ4v) is 3.17. The summed E-state index contributed by atoms with van der Waals surface area (Å²) in [5.41, 5.74) is 2.76. The van der Waals surface area contributed by atoms with Crippen LogP contribution in [-0.4, -0.2) is 22.3 Å². The molecule has 2 aromatic rings. The zero-order chi connectivity index (χ0) is 14.9. The lowest BCUT2D eigenvalue weighted by atomic mass is 10.0. The van der Waals surface area contributed by atoms with Gasteiger partial charge in [-0.25, -0.2) is 4.98 Å². The Balaban J connectivity index is 2.00. The lowest BCUT2D eigenvalue weighted by Crippen LogP contribution is -2.23. The molecule has 0 bridgehead atoms. The number of nitrogens with zero attached hydrogens (tertiary/aromatic N) is 2. The number of rotatable bonds is 8. The maximum Gasteiger partial charge on any atom is 0.114 e. The first kappa shape index (κ1) is 16.0. The van der Waals surface area contributed by atoms with E-state index in [1.54, 1.807) is 24.2 Å². The minimum absolute atomic E-state index is 0.345. The van der Waals surface area contributed by atoms with Crippen LogP contribution >= 0.6 is 11.8 Å². The topological polar surface area (TPSA) is 37.8 Å². The Morgan fingerprint density at radius 1 is 1.14 bits per heavy atom. The smallest absolute Gasteiger partial charge is 0.114 e. The van der Waals surface area contributed by atoms with Gasteiger partial charge in [-0.15, -0.1) is 11.8 Å². The van der Waals surface area contributed by atoms with Gasteiger partial charge < -0.3 is 5.32 Å². The maximum atomic E-state index is 4.32. The van der Waals surface area contributed by atoms with Crippen molar-refractivity contribution < 1.29 is 0 Å². The fraction of sp³-hybridized carbons (Fsp3) is 0.412. The van der Waals surface area contributed by atoms with Gasteiger partial charge in [-0.3, -0.25) is 4.98 Å². The Labute approximate surface area is 131 Å². The second-order valence-electron chi connectivity index (χ2n) is 4.96. The molecule has 0 aliphatic rings. The fourth-order valence-electron chi connectivity index (χ4n) is 2.25. The summed E-state index contributed by atoms with van der Waals surface area (Å²) < 4.78 is 0. The number of aryl methyl sites for hydroxylation is 1. The average molecular weight is 301 g/mol. The molecule has 21 heavy (non-hydrogen) atoms. The third kappa shape index (κ3) is 5.14. The first-order valence-electron chi connectivity index (χ1n) is 7.54. The van der Waals surface area contributed by atoms with Crippen molar-refractivity contribution in [1.82, 2.24) is 15.3 Å². The van der Waals surface area contributed by atoms with Crippen LogP contribution in [0.25, 0.3) is 0 Å². The molecule has 4 heteroatoms. The van der Waals surface area contributed by atoms with Gasteiger partial charge in [0.2, 0.25) is 0 Å². The molecular weight excluding hydrogens is 278 g/mol. The van der Waals surface area contributed by atoms with Gasteiger partial charge >= 0.3 is 0 Å². The van der Waals surface area contributed by atoms with Crippen molar-refractivity contribution in [3.8, 4) is 0 Å². The van der Waals surface area contributed by atoms with Crippen molar-refractivity contribution in [2.24, 2.45) is 0 Å². The molecule has 0 aliphatic carbocycles. The van der Waals surface area contributed by atoms with Gasteiger partial charge in [0.15, 0.2) is 0 Å². The SMILES string of the molecule is CCCc1ccc(C(CSc2cnccn2)NCC)cc1. The van der Waals surface area contributed by atoms with Crippen molar-refractivity contribution in [3.63, 3.8) is 0 Å². The Hall–Kier alpha value is -1.39. The number of benzene rings is 1. The normalized spacial score (nSPS) is 12.3. The quantitative estimate of drug-likeness (QED) is 0.751. The van der Waals surface area contributed by atoms with Crippen molar-refractivity contribution in [2.45, 2.75) is 37.8 Å². The van der Waals surface area contributed by atoms with Crippen LogP contribution in [-0.2, 0) is 6.42 Å². The molecule has 0 amide bonds. The number of thioether (sulfide) groups is 1. The summed E-state index contributed by atoms with van der Waals surface area (Å²) in [7, 11) is 0. The van der Waals surface area contributed by atoms with E-state index in [4.69, 9.17) is 0 Å². The van der Waals surface area contributed by atoms with Crippen LogP contribution in [0.1, 0.15) is 37.4 Å². The number of hydrogen-bond donors (Lipinski definition) is 1. The third-order valence-corrected chi connectivity index (χ3v) is 4.32. The number of hydrogen-bond acceptors (Lipinski definition) is 4. The molecule has 0 radical (unpaired) electrons. The first-order chi connectivity index (χ1) is 10.3. The summed E-state index contributed by atoms with van der Waals surface area (Å²) in [4.78, 5) is 8.43. The van der Waals surface area contributed by atoms with Crippen LogP contribution in [0.3, 0.4) is 0 Å². The molecular formula is C17H23N3S. The molecule has 1 aromatic carbocycles. The third-order valence-electron chi connectivity index (χ3n) is 3.31. The highest BCUT2D eigenvalue weighted by Crippen LogP contribution is 2.23. The molecule has 0 saturated carbocycles. The van der Waals surface area contributed by atoms with E-state index in [0.717, 1.165) is 23.7 Å². The highest BCUT2D eigenvalue weighted by atomic mass is 32.2. The molecule has 3 nitrogen and oxygen atoms in total. The molecule has 1 aromatic heterocycles. The second-order valence-corrected chi connectivity index (χ2v) is 6.00. The van der Waals surface area contributed by atoms with E-state index in [2.05, 4.69) is 53.4 Å². The molecule has 2 rings (SSSR count). The summed E-state index contributed by atoms with van der Waals surface area (Å²) in [6.45, 7) is 5.32. The van der Waals surface area contributed by atoms with Crippen molar-refractivity contribution in [2.75, 3.05) is 12.3 Å². The van der Waals surface area contributed by atoms with E-state index < -0.39 is 0 Å². The van der Waals surface area contributed by atoms with Crippen LogP contribution in [0.15, 0.2) is 47.9 Å². The monoisotopic (exact) mass is 301 g/mol. The van der Waals surface area contributed by atoms with E-state index >= 15 is 0 Å². The minimum atomic E-state index is 0.345. The first-order valence-corrected chi connectivity index (χ1v) is 8.53. The zero-order valence-electron chi connectivity index (χ0n) is 12.7. The van der Waals surface area contributed by atoms with Gasteiger partial charge in [-0.1, -0.05) is 44.5 Å². The molecule has 0 spiro atoms. The summed E-state index contributed by atoms with van der Waals surface area (Å²) >= 11 is 1.74. The Morgan fingerprint density at radius 2 is 1.95 bits per heavy atom. The summed E-state index contributed by atoms with van der Waals surface area (Å²) in [6.07, 6.45) is 7.61. The lowest BCUT2D eigenvalue weighted by molar-refractivity contribution is 0.605. The molecule has 1 heterocycles. The van der Waals surface area contributed by atoms with E-state index in [1.807, 2.05) is 6.20 Å². The van der Waals surface area contributed by atoms with Crippen LogP contribution in [0.4, 0.5) is 0 Å². The summed E-state index contributed by atoms with van der Waals surface area (Å²) in [6, 6.07) is 9.33. The Bertz CT molecular complexity index is 513. The highest BCUT2D eigenvalue weighted by Gasteiger charge is 2.11. The molecule has 0 aliphatic heterocycles. The van der Waals surface area contributed by atoms with E-state index in [-0.39, 0.29) is 0 Å². The van der Waals surface area contributed by atoms with Crippen molar-refractivity contribution in [1.29, 1.82) is 0 Å². The summed E-state index contributed by atoms with van der Waals surface area (Å²) in [5, 5.41) is 4.53. The lowest BCUT2D eigenvalue weighted by Gasteiger charge is -2.18. The number of nitrogens with one attached hydrogen (secondary N) is 1. The second kappa shape index (κ2) is 8.80. The van der Waals surface area contributed by atoms with Crippen LogP contribution in [0, 0.1) is 0 Å². The van der Waals surface area contributed by atoms with Crippen LogP contribution in [0.5, 0.6) is 0 Å². The van der Waals surface area contributed by atoms with Crippen LogP contribution in [0.2, 0.25) is 0 Å². The van der Waals surface area contributed by atoms with Gasteiger partial charge in [-0.05, 0) is 24.1 Å². The Morgan fingerprint density at radius 3 is 2.57 bits per heavy atom. The van der Waals surface area contributed by atoms with Gasteiger partial charge in [0.05, 0.1) is 6.20 Å². The molecule has 0 saturated heterocycles.